The van der Waals surface area contributed by atoms with Gasteiger partial charge in [0.05, 0.1) is 19.5 Å². The second-order valence-corrected chi connectivity index (χ2v) is 6.15. The maximum absolute atomic E-state index is 9.90. The van der Waals surface area contributed by atoms with Crippen molar-refractivity contribution in [2.75, 3.05) is 13.2 Å². The summed E-state index contributed by atoms with van der Waals surface area (Å²) in [5, 5.41) is 9.90. The van der Waals surface area contributed by atoms with E-state index in [1.54, 1.807) is 6.26 Å². The number of allylic oxidation sites excluding steroid dienone is 1. The molecule has 1 fully saturated rings. The number of furan rings is 1. The van der Waals surface area contributed by atoms with Gasteiger partial charge in [-0.05, 0) is 30.9 Å². The first kappa shape index (κ1) is 12.9. The molecule has 1 saturated heterocycles. The van der Waals surface area contributed by atoms with E-state index in [1.807, 2.05) is 12.1 Å². The minimum Gasteiger partial charge on any atom is -0.467 e. The van der Waals surface area contributed by atoms with Crippen molar-refractivity contribution in [1.82, 2.24) is 0 Å². The highest BCUT2D eigenvalue weighted by molar-refractivity contribution is 5.23. The van der Waals surface area contributed by atoms with Crippen molar-refractivity contribution in [3.8, 4) is 0 Å². The first-order valence-corrected chi connectivity index (χ1v) is 7.04. The maximum Gasteiger partial charge on any atom is 0.133 e. The molecule has 104 valence electrons. The number of ether oxygens (including phenoxy) is 1. The zero-order valence-electron chi connectivity index (χ0n) is 11.8. The molecular formula is C16H22O3. The summed E-state index contributed by atoms with van der Waals surface area (Å²) in [5.74, 6) is 1.93. The third-order valence-corrected chi connectivity index (χ3v) is 5.37. The highest BCUT2D eigenvalue weighted by Gasteiger charge is 2.53. The summed E-state index contributed by atoms with van der Waals surface area (Å²) in [6, 6.07) is 3.89. The molecule has 5 atom stereocenters. The average molecular weight is 262 g/mol. The molecule has 1 aliphatic heterocycles. The molecule has 0 aromatic carbocycles. The lowest BCUT2D eigenvalue weighted by molar-refractivity contribution is -0.170. The molecule has 3 nitrogen and oxygen atoms in total. The molecule has 0 spiro atoms. The van der Waals surface area contributed by atoms with Crippen LogP contribution in [0.1, 0.15) is 32.6 Å². The predicted octanol–water partition coefficient (Wildman–Crippen LogP) is 3.18. The number of hydrogen-bond acceptors (Lipinski definition) is 3. The zero-order chi connectivity index (χ0) is 13.6. The first-order valence-electron chi connectivity index (χ1n) is 7.04. The summed E-state index contributed by atoms with van der Waals surface area (Å²) in [5.41, 5.74) is 1.21. The molecule has 1 aromatic heterocycles. The zero-order valence-corrected chi connectivity index (χ0v) is 11.8. The third-order valence-electron chi connectivity index (χ3n) is 5.37. The van der Waals surface area contributed by atoms with E-state index in [0.29, 0.717) is 24.4 Å². The summed E-state index contributed by atoms with van der Waals surface area (Å²) in [4.78, 5) is 0. The summed E-state index contributed by atoms with van der Waals surface area (Å²) in [6.45, 7) is 7.37. The van der Waals surface area contributed by atoms with Crippen LogP contribution in [-0.2, 0) is 4.74 Å². The van der Waals surface area contributed by atoms with Crippen LogP contribution in [0.25, 0.3) is 0 Å². The van der Waals surface area contributed by atoms with Crippen LogP contribution in [0.5, 0.6) is 0 Å². The van der Waals surface area contributed by atoms with Crippen molar-refractivity contribution in [2.24, 2.45) is 23.2 Å². The molecule has 19 heavy (non-hydrogen) atoms. The number of fused-ring (bicyclic) bond motifs is 2. The first-order chi connectivity index (χ1) is 9.10. The Bertz CT molecular complexity index is 476. The summed E-state index contributed by atoms with van der Waals surface area (Å²) in [6.07, 6.45) is 3.98. The lowest BCUT2D eigenvalue weighted by Crippen LogP contribution is -2.53. The van der Waals surface area contributed by atoms with Gasteiger partial charge in [0.1, 0.15) is 11.9 Å². The highest BCUT2D eigenvalue weighted by Crippen LogP contribution is 2.55. The molecule has 3 heteroatoms. The molecule has 1 aromatic rings. The van der Waals surface area contributed by atoms with Gasteiger partial charge in [0, 0.05) is 11.3 Å². The Morgan fingerprint density at radius 3 is 2.84 bits per heavy atom. The van der Waals surface area contributed by atoms with E-state index in [2.05, 4.69) is 26.8 Å². The Hall–Kier alpha value is -1.06. The van der Waals surface area contributed by atoms with Gasteiger partial charge in [-0.1, -0.05) is 25.5 Å². The van der Waals surface area contributed by atoms with Crippen LogP contribution in [0.2, 0.25) is 0 Å². The molecule has 0 radical (unpaired) electrons. The second-order valence-electron chi connectivity index (χ2n) is 6.15. The fraction of sp³-hybridized carbons (Fsp3) is 0.625. The lowest BCUT2D eigenvalue weighted by Gasteiger charge is -2.54. The molecule has 3 rings (SSSR count). The average Bonchev–Trinajstić information content (AvgIpc) is 2.90. The van der Waals surface area contributed by atoms with E-state index < -0.39 is 0 Å². The van der Waals surface area contributed by atoms with Gasteiger partial charge in [0.25, 0.3) is 0 Å². The largest absolute Gasteiger partial charge is 0.467 e. The van der Waals surface area contributed by atoms with Crippen LogP contribution in [0.4, 0.5) is 0 Å². The van der Waals surface area contributed by atoms with E-state index >= 15 is 0 Å². The SMILES string of the molecule is CC1=CC(C)C2(CO)COC(c3ccco3)C1C2C. The van der Waals surface area contributed by atoms with Gasteiger partial charge in [-0.2, -0.15) is 0 Å². The monoisotopic (exact) mass is 262 g/mol. The third kappa shape index (κ3) is 1.72. The summed E-state index contributed by atoms with van der Waals surface area (Å²) in [7, 11) is 0. The normalized spacial score (nSPS) is 42.0. The van der Waals surface area contributed by atoms with E-state index in [0.717, 1.165) is 5.76 Å². The topological polar surface area (TPSA) is 42.6 Å². The standard InChI is InChI=1S/C16H22O3/c1-10-7-11(2)16(8-17)9-19-15(14(10)12(16)3)13-5-4-6-18-13/h4-7,11-12,14-15,17H,8-9H2,1-3H3. The Balaban J connectivity index is 2.03. The van der Waals surface area contributed by atoms with Gasteiger partial charge in [0.2, 0.25) is 0 Å². The number of hydrogen-bond donors (Lipinski definition) is 1. The van der Waals surface area contributed by atoms with Crippen LogP contribution in [-0.4, -0.2) is 18.3 Å². The van der Waals surface area contributed by atoms with Crippen LogP contribution < -0.4 is 0 Å². The maximum atomic E-state index is 9.90. The molecule has 2 bridgehead atoms. The van der Waals surface area contributed by atoms with Crippen LogP contribution in [0.15, 0.2) is 34.5 Å². The fourth-order valence-corrected chi connectivity index (χ4v) is 4.00. The lowest BCUT2D eigenvalue weighted by atomic mass is 9.56. The molecular weight excluding hydrogens is 240 g/mol. The van der Waals surface area contributed by atoms with E-state index in [9.17, 15) is 5.11 Å². The Labute approximate surface area is 114 Å². The van der Waals surface area contributed by atoms with Crippen LogP contribution in [0, 0.1) is 23.2 Å². The van der Waals surface area contributed by atoms with Crippen molar-refractivity contribution >= 4 is 0 Å². The van der Waals surface area contributed by atoms with Crippen LogP contribution >= 0.6 is 0 Å². The van der Waals surface area contributed by atoms with Crippen molar-refractivity contribution in [1.29, 1.82) is 0 Å². The van der Waals surface area contributed by atoms with Gasteiger partial charge in [-0.25, -0.2) is 0 Å². The molecule has 1 aliphatic carbocycles. The fourth-order valence-electron chi connectivity index (χ4n) is 4.00. The van der Waals surface area contributed by atoms with E-state index in [4.69, 9.17) is 9.15 Å². The Kier molecular flexibility index (Phi) is 3.06. The Morgan fingerprint density at radius 2 is 2.21 bits per heavy atom. The van der Waals surface area contributed by atoms with E-state index in [1.165, 1.54) is 5.57 Å². The number of rotatable bonds is 2. The van der Waals surface area contributed by atoms with Gasteiger partial charge >= 0.3 is 0 Å². The van der Waals surface area contributed by atoms with Gasteiger partial charge in [-0.15, -0.1) is 0 Å². The molecule has 0 amide bonds. The highest BCUT2D eigenvalue weighted by atomic mass is 16.5. The summed E-state index contributed by atoms with van der Waals surface area (Å²) < 4.78 is 11.6. The molecule has 1 N–H and O–H groups in total. The summed E-state index contributed by atoms with van der Waals surface area (Å²) >= 11 is 0. The van der Waals surface area contributed by atoms with Gasteiger partial charge < -0.3 is 14.3 Å². The quantitative estimate of drug-likeness (QED) is 0.832. The van der Waals surface area contributed by atoms with Gasteiger partial charge in [0.15, 0.2) is 0 Å². The number of aliphatic hydroxyl groups is 1. The van der Waals surface area contributed by atoms with Crippen molar-refractivity contribution in [3.05, 3.63) is 35.8 Å². The minimum absolute atomic E-state index is 0.0200. The van der Waals surface area contributed by atoms with E-state index in [-0.39, 0.29) is 18.1 Å². The van der Waals surface area contributed by atoms with Crippen molar-refractivity contribution < 1.29 is 14.3 Å². The molecule has 2 aliphatic rings. The predicted molar refractivity (Wildman–Crippen MR) is 72.5 cm³/mol. The molecule has 2 heterocycles. The smallest absolute Gasteiger partial charge is 0.133 e. The Morgan fingerprint density at radius 1 is 1.42 bits per heavy atom. The molecule has 5 unspecified atom stereocenters. The van der Waals surface area contributed by atoms with Gasteiger partial charge in [-0.3, -0.25) is 0 Å². The molecule has 0 saturated carbocycles. The number of aliphatic hydroxyl groups excluding tert-OH is 1. The van der Waals surface area contributed by atoms with Crippen molar-refractivity contribution in [2.45, 2.75) is 26.9 Å². The second kappa shape index (κ2) is 4.50. The van der Waals surface area contributed by atoms with Crippen molar-refractivity contribution in [3.63, 3.8) is 0 Å². The minimum atomic E-state index is -0.146. The van der Waals surface area contributed by atoms with Crippen LogP contribution in [0.3, 0.4) is 0 Å².